The number of amides is 2. The highest BCUT2D eigenvalue weighted by molar-refractivity contribution is 6.30. The second-order valence-electron chi connectivity index (χ2n) is 7.08. The predicted molar refractivity (Wildman–Crippen MR) is 111 cm³/mol. The van der Waals surface area contributed by atoms with Crippen molar-refractivity contribution in [1.82, 2.24) is 30.5 Å². The number of hydrazone groups is 1. The number of carbonyl (C=O) groups excluding carboxylic acids is 2. The average molecular weight is 476 g/mol. The Bertz CT molecular complexity index is 1200. The molecule has 2 heterocycles. The minimum Gasteiger partial charge on any atom is -0.378 e. The zero-order valence-electron chi connectivity index (χ0n) is 16.8. The first kappa shape index (κ1) is 22.4. The number of nitrogens with one attached hydrogen (secondary N) is 1. The van der Waals surface area contributed by atoms with E-state index in [1.807, 2.05) is 0 Å². The van der Waals surface area contributed by atoms with Gasteiger partial charge in [-0.15, -0.1) is 5.10 Å². The summed E-state index contributed by atoms with van der Waals surface area (Å²) in [7, 11) is 0. The molecule has 2 aromatic carbocycles. The van der Waals surface area contributed by atoms with E-state index in [4.69, 9.17) is 11.6 Å². The Balaban J connectivity index is 1.47. The van der Waals surface area contributed by atoms with E-state index in [1.165, 1.54) is 17.2 Å². The van der Waals surface area contributed by atoms with Crippen LogP contribution in [0.4, 0.5) is 8.78 Å². The number of tetrazole rings is 1. The molecule has 1 aliphatic heterocycles. The number of nitrogens with zero attached hydrogens (tertiary/aromatic N) is 6. The van der Waals surface area contributed by atoms with Crippen LogP contribution in [0.1, 0.15) is 23.7 Å². The standard InChI is InChI=1S/C20H16ClF2N7O3/c21-13-1-2-16(29-10-25-27-28-29)12(5-13)9-24-19(32)17-3-4-26-30(17)20(33)18(31)11-6-14(22)8-15(23)7-11/h1-2,4-8,10,17-18,31H,3,9H2,(H,24,32)/t17-,18?/m0/s1. The van der Waals surface area contributed by atoms with Crippen molar-refractivity contribution in [3.8, 4) is 5.69 Å². The van der Waals surface area contributed by atoms with Crippen LogP contribution in [0.25, 0.3) is 5.69 Å². The van der Waals surface area contributed by atoms with E-state index >= 15 is 0 Å². The van der Waals surface area contributed by atoms with Crippen LogP contribution in [0.3, 0.4) is 0 Å². The summed E-state index contributed by atoms with van der Waals surface area (Å²) < 4.78 is 28.3. The number of aliphatic hydroxyl groups excluding tert-OH is 1. The molecule has 2 atom stereocenters. The fourth-order valence-corrected chi connectivity index (χ4v) is 3.53. The van der Waals surface area contributed by atoms with E-state index in [9.17, 15) is 23.5 Å². The third kappa shape index (κ3) is 4.86. The van der Waals surface area contributed by atoms with Gasteiger partial charge in [-0.05, 0) is 51.9 Å². The summed E-state index contributed by atoms with van der Waals surface area (Å²) in [6.45, 7) is 0.0325. The lowest BCUT2D eigenvalue weighted by molar-refractivity contribution is -0.146. The summed E-state index contributed by atoms with van der Waals surface area (Å²) in [4.78, 5) is 25.5. The van der Waals surface area contributed by atoms with Gasteiger partial charge in [0.2, 0.25) is 5.91 Å². The molecule has 13 heteroatoms. The number of hydrogen-bond acceptors (Lipinski definition) is 7. The molecule has 2 N–H and O–H groups in total. The Morgan fingerprint density at radius 3 is 2.67 bits per heavy atom. The lowest BCUT2D eigenvalue weighted by atomic mass is 10.1. The maximum absolute atomic E-state index is 13.5. The van der Waals surface area contributed by atoms with E-state index in [0.717, 1.165) is 17.1 Å². The van der Waals surface area contributed by atoms with Crippen LogP contribution < -0.4 is 5.32 Å². The highest BCUT2D eigenvalue weighted by atomic mass is 35.5. The second kappa shape index (κ2) is 9.38. The molecule has 0 saturated heterocycles. The Morgan fingerprint density at radius 2 is 1.97 bits per heavy atom. The van der Waals surface area contributed by atoms with Crippen LogP contribution in [0.5, 0.6) is 0 Å². The molecule has 33 heavy (non-hydrogen) atoms. The van der Waals surface area contributed by atoms with Crippen LogP contribution in [-0.4, -0.2) is 54.4 Å². The molecular formula is C20H16ClF2N7O3. The van der Waals surface area contributed by atoms with Gasteiger partial charge >= 0.3 is 0 Å². The molecular weight excluding hydrogens is 460 g/mol. The first-order chi connectivity index (χ1) is 15.8. The molecule has 0 bridgehead atoms. The Morgan fingerprint density at radius 1 is 1.21 bits per heavy atom. The number of rotatable bonds is 6. The van der Waals surface area contributed by atoms with E-state index in [2.05, 4.69) is 25.9 Å². The molecule has 2 amide bonds. The summed E-state index contributed by atoms with van der Waals surface area (Å²) in [5, 5.41) is 29.1. The van der Waals surface area contributed by atoms with Gasteiger partial charge in [-0.25, -0.2) is 18.5 Å². The SMILES string of the molecule is O=C(NCc1cc(Cl)ccc1-n1cnnn1)[C@@H]1CC=NN1C(=O)C(O)c1cc(F)cc(F)c1. The van der Waals surface area contributed by atoms with Gasteiger partial charge in [-0.3, -0.25) is 9.59 Å². The number of halogens is 3. The zero-order chi connectivity index (χ0) is 23.5. The molecule has 1 aliphatic rings. The van der Waals surface area contributed by atoms with Gasteiger partial charge in [0, 0.05) is 30.3 Å². The van der Waals surface area contributed by atoms with Crippen molar-refractivity contribution in [3.63, 3.8) is 0 Å². The van der Waals surface area contributed by atoms with E-state index < -0.39 is 35.6 Å². The fourth-order valence-electron chi connectivity index (χ4n) is 3.34. The molecule has 170 valence electrons. The molecule has 3 aromatic rings. The summed E-state index contributed by atoms with van der Waals surface area (Å²) in [6, 6.07) is 6.19. The Kier molecular flexibility index (Phi) is 6.38. The number of benzene rings is 2. The Hall–Kier alpha value is -3.77. The molecule has 0 spiro atoms. The quantitative estimate of drug-likeness (QED) is 0.557. The molecule has 0 fully saturated rings. The smallest absolute Gasteiger partial charge is 0.276 e. The van der Waals surface area contributed by atoms with Gasteiger partial charge in [0.25, 0.3) is 5.91 Å². The van der Waals surface area contributed by atoms with Crippen molar-refractivity contribution in [3.05, 3.63) is 70.5 Å². The Labute approximate surface area is 190 Å². The van der Waals surface area contributed by atoms with Crippen molar-refractivity contribution in [2.24, 2.45) is 5.10 Å². The van der Waals surface area contributed by atoms with Crippen molar-refractivity contribution in [1.29, 1.82) is 0 Å². The highest BCUT2D eigenvalue weighted by Crippen LogP contribution is 2.23. The third-order valence-electron chi connectivity index (χ3n) is 4.88. The maximum Gasteiger partial charge on any atom is 0.276 e. The van der Waals surface area contributed by atoms with Gasteiger partial charge in [0.05, 0.1) is 5.69 Å². The number of carbonyl (C=O) groups is 2. The second-order valence-corrected chi connectivity index (χ2v) is 7.52. The third-order valence-corrected chi connectivity index (χ3v) is 5.12. The fraction of sp³-hybridized carbons (Fsp3) is 0.200. The number of aromatic nitrogens is 4. The summed E-state index contributed by atoms with van der Waals surface area (Å²) in [5.41, 5.74) is 0.905. The molecule has 4 rings (SSSR count). The molecule has 0 saturated carbocycles. The molecule has 1 unspecified atom stereocenters. The lowest BCUT2D eigenvalue weighted by Gasteiger charge is -2.24. The van der Waals surface area contributed by atoms with E-state index in [0.29, 0.717) is 22.3 Å². The zero-order valence-corrected chi connectivity index (χ0v) is 17.5. The minimum absolute atomic E-state index is 0.0325. The van der Waals surface area contributed by atoms with Crippen LogP contribution >= 0.6 is 11.6 Å². The monoisotopic (exact) mass is 475 g/mol. The summed E-state index contributed by atoms with van der Waals surface area (Å²) in [5.74, 6) is -3.45. The average Bonchev–Trinajstić information content (AvgIpc) is 3.48. The first-order valence-electron chi connectivity index (χ1n) is 9.62. The lowest BCUT2D eigenvalue weighted by Crippen LogP contribution is -2.46. The first-order valence-corrected chi connectivity index (χ1v) is 10.0. The number of hydrogen-bond donors (Lipinski definition) is 2. The van der Waals surface area contributed by atoms with Gasteiger partial charge in [-0.1, -0.05) is 11.6 Å². The van der Waals surface area contributed by atoms with Crippen LogP contribution in [0.2, 0.25) is 5.02 Å². The van der Waals surface area contributed by atoms with Crippen molar-refractivity contribution >= 4 is 29.6 Å². The minimum atomic E-state index is -1.90. The maximum atomic E-state index is 13.5. The van der Waals surface area contributed by atoms with Crippen molar-refractivity contribution in [2.75, 3.05) is 0 Å². The van der Waals surface area contributed by atoms with Crippen LogP contribution in [0.15, 0.2) is 47.8 Å². The van der Waals surface area contributed by atoms with Crippen molar-refractivity contribution in [2.45, 2.75) is 25.1 Å². The topological polar surface area (TPSA) is 126 Å². The predicted octanol–water partition coefficient (Wildman–Crippen LogP) is 1.53. The molecule has 0 aliphatic carbocycles. The normalized spacial score (nSPS) is 16.1. The van der Waals surface area contributed by atoms with Crippen molar-refractivity contribution < 1.29 is 23.5 Å². The van der Waals surface area contributed by atoms with Crippen LogP contribution in [-0.2, 0) is 16.1 Å². The van der Waals surface area contributed by atoms with Gasteiger partial charge in [-0.2, -0.15) is 5.10 Å². The van der Waals surface area contributed by atoms with E-state index in [-0.39, 0.29) is 18.5 Å². The van der Waals surface area contributed by atoms with E-state index in [1.54, 1.807) is 18.2 Å². The molecule has 10 nitrogen and oxygen atoms in total. The van der Waals surface area contributed by atoms with Gasteiger partial charge in [0.1, 0.15) is 24.0 Å². The van der Waals surface area contributed by atoms with Gasteiger partial charge < -0.3 is 10.4 Å². The molecule has 0 radical (unpaired) electrons. The van der Waals surface area contributed by atoms with Crippen LogP contribution in [0, 0.1) is 11.6 Å². The summed E-state index contributed by atoms with van der Waals surface area (Å²) in [6.07, 6.45) is 0.917. The molecule has 1 aromatic heterocycles. The highest BCUT2D eigenvalue weighted by Gasteiger charge is 2.36. The summed E-state index contributed by atoms with van der Waals surface area (Å²) >= 11 is 6.07. The number of aliphatic hydroxyl groups is 1. The largest absolute Gasteiger partial charge is 0.378 e. The van der Waals surface area contributed by atoms with Gasteiger partial charge in [0.15, 0.2) is 6.10 Å².